The lowest BCUT2D eigenvalue weighted by Gasteiger charge is -2.01. The number of amides is 1. The molecule has 16 heavy (non-hydrogen) atoms. The van der Waals surface area contributed by atoms with Gasteiger partial charge in [-0.3, -0.25) is 15.2 Å². The molecule has 6 nitrogen and oxygen atoms in total. The van der Waals surface area contributed by atoms with E-state index in [0.29, 0.717) is 11.3 Å². The van der Waals surface area contributed by atoms with Gasteiger partial charge in [-0.25, -0.2) is 9.97 Å². The van der Waals surface area contributed by atoms with Crippen molar-refractivity contribution < 1.29 is 4.79 Å². The van der Waals surface area contributed by atoms with Crippen LogP contribution in [0.3, 0.4) is 0 Å². The third kappa shape index (κ3) is 2.17. The van der Waals surface area contributed by atoms with E-state index in [0.717, 1.165) is 0 Å². The van der Waals surface area contributed by atoms with Crippen molar-refractivity contribution in [1.29, 1.82) is 0 Å². The van der Waals surface area contributed by atoms with E-state index in [1.165, 1.54) is 18.5 Å². The van der Waals surface area contributed by atoms with Crippen LogP contribution >= 0.6 is 11.6 Å². The summed E-state index contributed by atoms with van der Waals surface area (Å²) in [5.74, 6) is -0.161. The molecule has 2 heterocycles. The van der Waals surface area contributed by atoms with Crippen LogP contribution in [0, 0.1) is 6.92 Å². The molecule has 2 aromatic heterocycles. The number of nitrogens with one attached hydrogen (secondary N) is 2. The summed E-state index contributed by atoms with van der Waals surface area (Å²) in [6, 6.07) is 1.53. The van der Waals surface area contributed by atoms with Crippen molar-refractivity contribution in [2.24, 2.45) is 0 Å². The zero-order valence-electron chi connectivity index (χ0n) is 8.36. The van der Waals surface area contributed by atoms with Crippen molar-refractivity contribution in [3.05, 3.63) is 34.9 Å². The van der Waals surface area contributed by atoms with Gasteiger partial charge in [-0.2, -0.15) is 5.10 Å². The van der Waals surface area contributed by atoms with Gasteiger partial charge in [0.15, 0.2) is 0 Å². The first-order valence-corrected chi connectivity index (χ1v) is 4.84. The lowest BCUT2D eigenvalue weighted by molar-refractivity contribution is 0.102. The highest BCUT2D eigenvalue weighted by atomic mass is 35.5. The van der Waals surface area contributed by atoms with E-state index < -0.39 is 0 Å². The van der Waals surface area contributed by atoms with Crippen LogP contribution in [-0.4, -0.2) is 26.1 Å². The summed E-state index contributed by atoms with van der Waals surface area (Å²) < 4.78 is 0. The van der Waals surface area contributed by atoms with Crippen LogP contribution in [0.15, 0.2) is 18.5 Å². The maximum absolute atomic E-state index is 11.7. The largest absolute Gasteiger partial charge is 0.290 e. The average molecular weight is 238 g/mol. The summed E-state index contributed by atoms with van der Waals surface area (Å²) in [4.78, 5) is 19.4. The minimum atomic E-state index is -0.325. The predicted molar refractivity (Wildman–Crippen MR) is 58.3 cm³/mol. The third-order valence-electron chi connectivity index (χ3n) is 1.92. The molecule has 0 spiro atoms. The number of H-pyrrole nitrogens is 1. The number of aromatic amines is 1. The van der Waals surface area contributed by atoms with Crippen LogP contribution in [0.2, 0.25) is 5.15 Å². The molecule has 0 saturated carbocycles. The molecule has 2 aromatic rings. The van der Waals surface area contributed by atoms with Crippen molar-refractivity contribution >= 4 is 23.5 Å². The topological polar surface area (TPSA) is 83.6 Å². The quantitative estimate of drug-likeness (QED) is 0.774. The van der Waals surface area contributed by atoms with Crippen LogP contribution in [0.25, 0.3) is 0 Å². The van der Waals surface area contributed by atoms with E-state index in [1.807, 2.05) is 0 Å². The number of carbonyl (C=O) groups excluding carboxylic acids is 1. The highest BCUT2D eigenvalue weighted by molar-refractivity contribution is 6.29. The Morgan fingerprint density at radius 3 is 3.00 bits per heavy atom. The minimum absolute atomic E-state index is 0.165. The first-order chi connectivity index (χ1) is 7.66. The number of aromatic nitrogens is 4. The molecule has 0 aliphatic carbocycles. The highest BCUT2D eigenvalue weighted by Gasteiger charge is 2.12. The van der Waals surface area contributed by atoms with Gasteiger partial charge in [-0.15, -0.1) is 0 Å². The minimum Gasteiger partial charge on any atom is -0.290 e. The zero-order chi connectivity index (χ0) is 11.5. The van der Waals surface area contributed by atoms with E-state index in [4.69, 9.17) is 11.6 Å². The maximum Gasteiger partial charge on any atom is 0.261 e. The van der Waals surface area contributed by atoms with Gasteiger partial charge in [-0.05, 0) is 13.0 Å². The molecule has 2 rings (SSSR count). The fourth-order valence-corrected chi connectivity index (χ4v) is 1.28. The van der Waals surface area contributed by atoms with Crippen LogP contribution < -0.4 is 5.32 Å². The Balaban J connectivity index is 2.17. The van der Waals surface area contributed by atoms with Crippen LogP contribution in [0.4, 0.5) is 5.95 Å². The molecular formula is C9H8ClN5O. The smallest absolute Gasteiger partial charge is 0.261 e. The number of hydrogen-bond acceptors (Lipinski definition) is 4. The van der Waals surface area contributed by atoms with Gasteiger partial charge >= 0.3 is 0 Å². The van der Waals surface area contributed by atoms with Crippen molar-refractivity contribution in [1.82, 2.24) is 20.2 Å². The molecule has 0 unspecified atom stereocenters. The Morgan fingerprint density at radius 2 is 2.38 bits per heavy atom. The molecule has 0 fully saturated rings. The SMILES string of the molecule is Cc1[nH]ncc1C(=O)Nc1nccc(Cl)n1. The van der Waals surface area contributed by atoms with E-state index >= 15 is 0 Å². The third-order valence-corrected chi connectivity index (χ3v) is 2.13. The number of aryl methyl sites for hydroxylation is 1. The first-order valence-electron chi connectivity index (χ1n) is 4.46. The lowest BCUT2D eigenvalue weighted by atomic mass is 10.2. The molecule has 0 atom stereocenters. The molecular weight excluding hydrogens is 230 g/mol. The summed E-state index contributed by atoms with van der Waals surface area (Å²) in [5.41, 5.74) is 1.13. The van der Waals surface area contributed by atoms with Gasteiger partial charge in [0, 0.05) is 11.9 Å². The molecule has 0 saturated heterocycles. The van der Waals surface area contributed by atoms with E-state index in [1.54, 1.807) is 6.92 Å². The highest BCUT2D eigenvalue weighted by Crippen LogP contribution is 2.08. The van der Waals surface area contributed by atoms with Crippen molar-refractivity contribution in [2.75, 3.05) is 5.32 Å². The second-order valence-corrected chi connectivity index (χ2v) is 3.45. The normalized spacial score (nSPS) is 10.1. The monoisotopic (exact) mass is 237 g/mol. The molecule has 7 heteroatoms. The van der Waals surface area contributed by atoms with E-state index in [2.05, 4.69) is 25.5 Å². The predicted octanol–water partition coefficient (Wildman–Crippen LogP) is 1.41. The molecule has 0 aromatic carbocycles. The molecule has 1 amide bonds. The van der Waals surface area contributed by atoms with Crippen molar-refractivity contribution in [3.63, 3.8) is 0 Å². The number of hydrogen-bond donors (Lipinski definition) is 2. The van der Waals surface area contributed by atoms with Gasteiger partial charge in [0.05, 0.1) is 11.8 Å². The molecule has 0 bridgehead atoms. The lowest BCUT2D eigenvalue weighted by Crippen LogP contribution is -2.14. The number of carbonyl (C=O) groups is 1. The molecule has 2 N–H and O–H groups in total. The Labute approximate surface area is 96.1 Å². The van der Waals surface area contributed by atoms with Crippen LogP contribution in [0.1, 0.15) is 16.1 Å². The fourth-order valence-electron chi connectivity index (χ4n) is 1.15. The zero-order valence-corrected chi connectivity index (χ0v) is 9.12. The molecule has 0 aliphatic heterocycles. The van der Waals surface area contributed by atoms with Crippen LogP contribution in [0.5, 0.6) is 0 Å². The fraction of sp³-hybridized carbons (Fsp3) is 0.111. The van der Waals surface area contributed by atoms with Crippen molar-refractivity contribution in [2.45, 2.75) is 6.92 Å². The summed E-state index contributed by atoms with van der Waals surface area (Å²) in [7, 11) is 0. The molecule has 0 radical (unpaired) electrons. The van der Waals surface area contributed by atoms with Gasteiger partial charge in [0.25, 0.3) is 5.91 Å². The Morgan fingerprint density at radius 1 is 1.56 bits per heavy atom. The standard InChI is InChI=1S/C9H8ClN5O/c1-5-6(4-12-15-5)8(16)14-9-11-3-2-7(10)13-9/h2-4H,1H3,(H,12,15)(H,11,13,14,16). The Kier molecular flexibility index (Phi) is 2.82. The van der Waals surface area contributed by atoms with Crippen molar-refractivity contribution in [3.8, 4) is 0 Å². The maximum atomic E-state index is 11.7. The van der Waals surface area contributed by atoms with Gasteiger partial charge in [0.2, 0.25) is 5.95 Å². The second kappa shape index (κ2) is 4.28. The van der Waals surface area contributed by atoms with E-state index in [-0.39, 0.29) is 17.0 Å². The Hall–Kier alpha value is -1.95. The van der Waals surface area contributed by atoms with Crippen LogP contribution in [-0.2, 0) is 0 Å². The average Bonchev–Trinajstić information content (AvgIpc) is 2.64. The van der Waals surface area contributed by atoms with Gasteiger partial charge in [-0.1, -0.05) is 11.6 Å². The summed E-state index contributed by atoms with van der Waals surface area (Å²) in [6.45, 7) is 1.75. The summed E-state index contributed by atoms with van der Waals surface area (Å²) in [5, 5.41) is 9.21. The molecule has 0 aliphatic rings. The van der Waals surface area contributed by atoms with E-state index in [9.17, 15) is 4.79 Å². The molecule has 82 valence electrons. The number of halogens is 1. The number of anilines is 1. The summed E-state index contributed by atoms with van der Waals surface area (Å²) in [6.07, 6.45) is 2.91. The summed E-state index contributed by atoms with van der Waals surface area (Å²) >= 11 is 5.66. The number of nitrogens with zero attached hydrogens (tertiary/aromatic N) is 3. The second-order valence-electron chi connectivity index (χ2n) is 3.07. The first kappa shape index (κ1) is 10.6. The number of rotatable bonds is 2. The Bertz CT molecular complexity index is 524. The van der Waals surface area contributed by atoms with Gasteiger partial charge < -0.3 is 0 Å². The van der Waals surface area contributed by atoms with Gasteiger partial charge in [0.1, 0.15) is 5.15 Å².